The van der Waals surface area contributed by atoms with E-state index in [0.29, 0.717) is 12.0 Å². The lowest BCUT2D eigenvalue weighted by atomic mass is 9.92. The van der Waals surface area contributed by atoms with E-state index >= 15 is 0 Å². The summed E-state index contributed by atoms with van der Waals surface area (Å²) >= 11 is 1.89. The maximum absolute atomic E-state index is 12.2. The Hall–Kier alpha value is -0.680. The van der Waals surface area contributed by atoms with Gasteiger partial charge in [0, 0.05) is 37.2 Å². The molecule has 128 valence electrons. The Bertz CT molecular complexity index is 355. The van der Waals surface area contributed by atoms with Crippen molar-refractivity contribution >= 4 is 17.9 Å². The predicted octanol–water partition coefficient (Wildman–Crippen LogP) is 3.53. The normalized spacial score (nSPS) is 20.5. The highest BCUT2D eigenvalue weighted by Crippen LogP contribution is 2.21. The van der Waals surface area contributed by atoms with Crippen molar-refractivity contribution in [3.8, 4) is 0 Å². The second-order valence-electron chi connectivity index (χ2n) is 6.94. The number of amides is 1. The highest BCUT2D eigenvalue weighted by Gasteiger charge is 2.29. The van der Waals surface area contributed by atoms with Gasteiger partial charge in [0.15, 0.2) is 0 Å². The number of ether oxygens (including phenoxy) is 1. The number of piperidine rings is 1. The fourth-order valence-electron chi connectivity index (χ4n) is 2.60. The number of hydrogen-bond acceptors (Lipinski definition) is 4. The van der Waals surface area contributed by atoms with E-state index in [1.54, 1.807) is 0 Å². The molecule has 1 fully saturated rings. The molecule has 1 heterocycles. The zero-order valence-electron chi connectivity index (χ0n) is 14.6. The van der Waals surface area contributed by atoms with E-state index in [1.807, 2.05) is 43.5 Å². The monoisotopic (exact) mass is 328 g/mol. The molecule has 1 N–H and O–H groups in total. The first-order valence-electron chi connectivity index (χ1n) is 8.23. The van der Waals surface area contributed by atoms with Gasteiger partial charge in [-0.2, -0.15) is 11.8 Å². The van der Waals surface area contributed by atoms with E-state index in [0.717, 1.165) is 37.6 Å². The van der Waals surface area contributed by atoms with Crippen LogP contribution in [0.3, 0.4) is 0 Å². The lowest BCUT2D eigenvalue weighted by Crippen LogP contribution is -2.48. The van der Waals surface area contributed by atoms with Crippen LogP contribution in [0, 0.1) is 5.92 Å². The number of nitrogens with one attached hydrogen (secondary N) is 1. The first-order chi connectivity index (χ1) is 10.3. The van der Waals surface area contributed by atoms with E-state index in [-0.39, 0.29) is 6.09 Å². The van der Waals surface area contributed by atoms with Crippen LogP contribution in [-0.2, 0) is 4.74 Å². The molecule has 0 saturated carbocycles. The van der Waals surface area contributed by atoms with Gasteiger partial charge < -0.3 is 15.0 Å². The maximum atomic E-state index is 12.2. The van der Waals surface area contributed by atoms with E-state index < -0.39 is 5.60 Å². The Kier molecular flexibility index (Phi) is 8.33. The zero-order valence-corrected chi connectivity index (χ0v) is 15.4. The van der Waals surface area contributed by atoms with Crippen LogP contribution in [0.25, 0.3) is 0 Å². The standard InChI is InChI=1S/C17H32N2O2S/c1-6-11-22-12-9-18-14(2)15-8-7-10-19(13-15)16(20)21-17(3,4)5/h6,14-15,18H,1,7-13H2,2-5H3. The van der Waals surface area contributed by atoms with Gasteiger partial charge in [-0.05, 0) is 46.5 Å². The number of likely N-dealkylation sites (tertiary alicyclic amines) is 1. The Morgan fingerprint density at radius 2 is 2.27 bits per heavy atom. The second kappa shape index (κ2) is 9.46. The lowest BCUT2D eigenvalue weighted by Gasteiger charge is -2.36. The third kappa shape index (κ3) is 7.54. The van der Waals surface area contributed by atoms with Crippen LogP contribution in [0.4, 0.5) is 4.79 Å². The van der Waals surface area contributed by atoms with Crippen LogP contribution in [0.15, 0.2) is 12.7 Å². The minimum Gasteiger partial charge on any atom is -0.444 e. The number of rotatable bonds is 7. The van der Waals surface area contributed by atoms with Gasteiger partial charge in [0.25, 0.3) is 0 Å². The van der Waals surface area contributed by atoms with Gasteiger partial charge in [0.2, 0.25) is 0 Å². The summed E-state index contributed by atoms with van der Waals surface area (Å²) < 4.78 is 5.48. The molecule has 1 aliphatic heterocycles. The van der Waals surface area contributed by atoms with Gasteiger partial charge in [-0.1, -0.05) is 6.08 Å². The molecule has 2 atom stereocenters. The Morgan fingerprint density at radius 3 is 2.91 bits per heavy atom. The van der Waals surface area contributed by atoms with Crippen molar-refractivity contribution in [2.75, 3.05) is 31.1 Å². The number of carbonyl (C=O) groups is 1. The summed E-state index contributed by atoms with van der Waals surface area (Å²) in [6, 6.07) is 0.426. The molecule has 0 aliphatic carbocycles. The topological polar surface area (TPSA) is 41.6 Å². The van der Waals surface area contributed by atoms with Gasteiger partial charge in [-0.15, -0.1) is 6.58 Å². The fourth-order valence-corrected chi connectivity index (χ4v) is 3.20. The van der Waals surface area contributed by atoms with Crippen LogP contribution in [0.2, 0.25) is 0 Å². The van der Waals surface area contributed by atoms with E-state index in [4.69, 9.17) is 4.74 Å². The van der Waals surface area contributed by atoms with Crippen LogP contribution < -0.4 is 5.32 Å². The molecule has 1 amide bonds. The molecule has 0 aromatic carbocycles. The maximum Gasteiger partial charge on any atom is 0.410 e. The molecule has 0 aromatic rings. The van der Waals surface area contributed by atoms with Crippen molar-refractivity contribution in [2.45, 2.75) is 52.2 Å². The fraction of sp³-hybridized carbons (Fsp3) is 0.824. The van der Waals surface area contributed by atoms with Gasteiger partial charge in [0.1, 0.15) is 5.60 Å². The summed E-state index contributed by atoms with van der Waals surface area (Å²) in [7, 11) is 0. The molecule has 5 heteroatoms. The molecule has 1 rings (SSSR count). The minimum atomic E-state index is -0.420. The molecular formula is C17H32N2O2S. The van der Waals surface area contributed by atoms with Gasteiger partial charge in [0.05, 0.1) is 0 Å². The molecule has 0 radical (unpaired) electrons. The lowest BCUT2D eigenvalue weighted by molar-refractivity contribution is 0.0149. The number of hydrogen-bond donors (Lipinski definition) is 1. The number of nitrogens with zero attached hydrogens (tertiary/aromatic N) is 1. The average molecular weight is 329 g/mol. The molecule has 1 saturated heterocycles. The summed E-state index contributed by atoms with van der Waals surface area (Å²) in [5.41, 5.74) is -0.420. The number of thioether (sulfide) groups is 1. The molecule has 4 nitrogen and oxygen atoms in total. The summed E-state index contributed by atoms with van der Waals surface area (Å²) in [5, 5.41) is 3.59. The van der Waals surface area contributed by atoms with E-state index in [1.165, 1.54) is 6.42 Å². The Labute approximate surface area is 140 Å². The van der Waals surface area contributed by atoms with Gasteiger partial charge in [-0.25, -0.2) is 4.79 Å². The summed E-state index contributed by atoms with van der Waals surface area (Å²) in [5.74, 6) is 2.61. The quantitative estimate of drug-likeness (QED) is 0.573. The van der Waals surface area contributed by atoms with Crippen LogP contribution in [0.5, 0.6) is 0 Å². The first-order valence-corrected chi connectivity index (χ1v) is 9.39. The predicted molar refractivity (Wildman–Crippen MR) is 95.5 cm³/mol. The third-order valence-corrected chi connectivity index (χ3v) is 4.73. The van der Waals surface area contributed by atoms with Crippen LogP contribution in [-0.4, -0.2) is 53.8 Å². The largest absolute Gasteiger partial charge is 0.444 e. The SMILES string of the molecule is C=CCSCCNC(C)C1CCCN(C(=O)OC(C)(C)C)C1. The highest BCUT2D eigenvalue weighted by atomic mass is 32.2. The number of carbonyl (C=O) groups excluding carboxylic acids is 1. The zero-order chi connectivity index (χ0) is 16.6. The van der Waals surface area contributed by atoms with Crippen molar-refractivity contribution in [3.05, 3.63) is 12.7 Å². The molecule has 2 unspecified atom stereocenters. The van der Waals surface area contributed by atoms with E-state index in [9.17, 15) is 4.79 Å². The van der Waals surface area contributed by atoms with Crippen molar-refractivity contribution in [3.63, 3.8) is 0 Å². The van der Waals surface area contributed by atoms with E-state index in [2.05, 4.69) is 18.8 Å². The molecular weight excluding hydrogens is 296 g/mol. The highest BCUT2D eigenvalue weighted by molar-refractivity contribution is 7.99. The van der Waals surface area contributed by atoms with Gasteiger partial charge in [-0.3, -0.25) is 0 Å². The van der Waals surface area contributed by atoms with Gasteiger partial charge >= 0.3 is 6.09 Å². The molecule has 22 heavy (non-hydrogen) atoms. The van der Waals surface area contributed by atoms with Crippen molar-refractivity contribution in [1.29, 1.82) is 0 Å². The minimum absolute atomic E-state index is 0.175. The molecule has 1 aliphatic rings. The summed E-state index contributed by atoms with van der Waals surface area (Å²) in [4.78, 5) is 14.0. The van der Waals surface area contributed by atoms with Crippen LogP contribution in [0.1, 0.15) is 40.5 Å². The third-order valence-electron chi connectivity index (χ3n) is 3.77. The first kappa shape index (κ1) is 19.4. The molecule has 0 bridgehead atoms. The molecule has 0 aromatic heterocycles. The average Bonchev–Trinajstić information content (AvgIpc) is 2.45. The van der Waals surface area contributed by atoms with Crippen molar-refractivity contribution in [2.24, 2.45) is 5.92 Å². The molecule has 0 spiro atoms. The van der Waals surface area contributed by atoms with Crippen molar-refractivity contribution in [1.82, 2.24) is 10.2 Å². The summed E-state index contributed by atoms with van der Waals surface area (Å²) in [6.07, 6.45) is 3.99. The van der Waals surface area contributed by atoms with Crippen molar-refractivity contribution < 1.29 is 9.53 Å². The Balaban J connectivity index is 2.35. The smallest absolute Gasteiger partial charge is 0.410 e. The summed E-state index contributed by atoms with van der Waals surface area (Å²) in [6.45, 7) is 14.3. The second-order valence-corrected chi connectivity index (χ2v) is 8.08. The Morgan fingerprint density at radius 1 is 1.55 bits per heavy atom. The van der Waals surface area contributed by atoms with Crippen LogP contribution >= 0.6 is 11.8 Å².